The molecule has 1 amide bonds. The van der Waals surface area contributed by atoms with E-state index in [1.54, 1.807) is 48.7 Å². The maximum absolute atomic E-state index is 13.5. The van der Waals surface area contributed by atoms with Gasteiger partial charge in [-0.05, 0) is 30.3 Å². The van der Waals surface area contributed by atoms with Crippen molar-refractivity contribution in [1.82, 2.24) is 19.5 Å². The quantitative estimate of drug-likeness (QED) is 0.470. The van der Waals surface area contributed by atoms with E-state index in [9.17, 15) is 13.2 Å². The Labute approximate surface area is 190 Å². The van der Waals surface area contributed by atoms with E-state index in [4.69, 9.17) is 4.74 Å². The number of fused-ring (bicyclic) bond motifs is 2. The highest BCUT2D eigenvalue weighted by Crippen LogP contribution is 2.30. The molecule has 0 aliphatic carbocycles. The van der Waals surface area contributed by atoms with E-state index >= 15 is 0 Å². The zero-order valence-corrected chi connectivity index (χ0v) is 18.6. The van der Waals surface area contributed by atoms with Gasteiger partial charge >= 0.3 is 0 Å². The first kappa shape index (κ1) is 21.1. The molecule has 2 aromatic carbocycles. The van der Waals surface area contributed by atoms with E-state index in [1.165, 1.54) is 11.4 Å². The second-order valence-electron chi connectivity index (χ2n) is 7.64. The van der Waals surface area contributed by atoms with Crippen LogP contribution >= 0.6 is 0 Å². The number of aromatic amines is 1. The van der Waals surface area contributed by atoms with Crippen LogP contribution in [0.25, 0.3) is 10.9 Å². The van der Waals surface area contributed by atoms with Gasteiger partial charge in [0.25, 0.3) is 5.91 Å². The lowest BCUT2D eigenvalue weighted by molar-refractivity contribution is 0.102. The van der Waals surface area contributed by atoms with Gasteiger partial charge in [-0.1, -0.05) is 24.3 Å². The molecule has 33 heavy (non-hydrogen) atoms. The molecule has 2 aromatic heterocycles. The number of H-pyrrole nitrogens is 1. The number of pyridine rings is 1. The van der Waals surface area contributed by atoms with Gasteiger partial charge in [-0.3, -0.25) is 14.9 Å². The Morgan fingerprint density at radius 1 is 1.15 bits per heavy atom. The van der Waals surface area contributed by atoms with Crippen LogP contribution in [-0.4, -0.2) is 47.5 Å². The summed E-state index contributed by atoms with van der Waals surface area (Å²) < 4.78 is 33.6. The monoisotopic (exact) mass is 463 g/mol. The maximum Gasteiger partial charge on any atom is 0.257 e. The van der Waals surface area contributed by atoms with Gasteiger partial charge in [0, 0.05) is 47.9 Å². The number of benzene rings is 2. The summed E-state index contributed by atoms with van der Waals surface area (Å²) in [6.45, 7) is 0.384. The predicted octanol–water partition coefficient (Wildman–Crippen LogP) is 2.97. The van der Waals surface area contributed by atoms with Crippen LogP contribution in [0.4, 0.5) is 5.82 Å². The first-order valence-corrected chi connectivity index (χ1v) is 11.8. The number of carbonyl (C=O) groups excluding carboxylic acids is 1. The fourth-order valence-corrected chi connectivity index (χ4v) is 5.52. The minimum absolute atomic E-state index is 0.0884. The number of rotatable bonds is 5. The molecule has 5 rings (SSSR count). The van der Waals surface area contributed by atoms with Gasteiger partial charge in [-0.25, -0.2) is 8.42 Å². The molecule has 10 heteroatoms. The molecule has 0 unspecified atom stereocenters. The van der Waals surface area contributed by atoms with Crippen molar-refractivity contribution in [2.75, 3.05) is 19.0 Å². The second-order valence-corrected chi connectivity index (χ2v) is 9.54. The highest BCUT2D eigenvalue weighted by molar-refractivity contribution is 7.89. The highest BCUT2D eigenvalue weighted by Gasteiger charge is 2.32. The highest BCUT2D eigenvalue weighted by atomic mass is 32.2. The molecule has 0 spiro atoms. The van der Waals surface area contributed by atoms with Gasteiger partial charge < -0.3 is 10.1 Å². The molecule has 0 bridgehead atoms. The maximum atomic E-state index is 13.5. The molecule has 3 heterocycles. The molecule has 4 aromatic rings. The Hall–Kier alpha value is -3.76. The third-order valence-electron chi connectivity index (χ3n) is 5.68. The summed E-state index contributed by atoms with van der Waals surface area (Å²) in [5, 5.41) is 10.7. The van der Waals surface area contributed by atoms with Gasteiger partial charge in [0.1, 0.15) is 10.6 Å². The van der Waals surface area contributed by atoms with Gasteiger partial charge in [-0.15, -0.1) is 0 Å². The normalized spacial score (nSPS) is 14.1. The standard InChI is InChI=1S/C23H21N5O4S/c1-32-17-8-2-6-16(13-17)23(29)25-22-18-14-28(12-10-19(18)26-27-22)33(30,31)20-9-3-5-15-7-4-11-24-21(15)20/h2-9,11,13H,10,12,14H2,1H3,(H2,25,26,27,29). The second kappa shape index (κ2) is 8.30. The van der Waals surface area contributed by atoms with Crippen LogP contribution in [-0.2, 0) is 23.0 Å². The zero-order valence-electron chi connectivity index (χ0n) is 17.8. The van der Waals surface area contributed by atoms with E-state index in [0.717, 1.165) is 11.1 Å². The number of amides is 1. The third-order valence-corrected chi connectivity index (χ3v) is 7.55. The zero-order chi connectivity index (χ0) is 23.0. The molecule has 1 aliphatic heterocycles. The number of ether oxygens (including phenoxy) is 1. The molecular formula is C23H21N5O4S. The van der Waals surface area contributed by atoms with Crippen LogP contribution < -0.4 is 10.1 Å². The van der Waals surface area contributed by atoms with Crippen molar-refractivity contribution >= 4 is 32.7 Å². The SMILES string of the molecule is COc1cccc(C(=O)Nc2n[nH]c3c2CN(S(=O)(=O)c2cccc4cccnc24)CC3)c1. The molecule has 0 fully saturated rings. The minimum atomic E-state index is -3.82. The summed E-state index contributed by atoms with van der Waals surface area (Å²) in [4.78, 5) is 17.2. The van der Waals surface area contributed by atoms with E-state index in [0.29, 0.717) is 41.2 Å². The molecule has 0 saturated carbocycles. The summed E-state index contributed by atoms with van der Waals surface area (Å²) in [5.74, 6) is 0.517. The molecule has 0 radical (unpaired) electrons. The fraction of sp³-hybridized carbons (Fsp3) is 0.174. The lowest BCUT2D eigenvalue weighted by atomic mass is 10.1. The number of para-hydroxylation sites is 1. The minimum Gasteiger partial charge on any atom is -0.497 e. The third kappa shape index (κ3) is 3.83. The summed E-state index contributed by atoms with van der Waals surface area (Å²) in [5.41, 5.74) is 2.30. The Morgan fingerprint density at radius 3 is 2.82 bits per heavy atom. The number of sulfonamides is 1. The van der Waals surface area contributed by atoms with Crippen molar-refractivity contribution in [1.29, 1.82) is 0 Å². The molecule has 0 atom stereocenters. The molecule has 1 aliphatic rings. The topological polar surface area (TPSA) is 117 Å². The summed E-state index contributed by atoms with van der Waals surface area (Å²) in [6, 6.07) is 15.5. The van der Waals surface area contributed by atoms with Crippen LogP contribution in [0.5, 0.6) is 5.75 Å². The van der Waals surface area contributed by atoms with Gasteiger partial charge in [0.2, 0.25) is 10.0 Å². The number of anilines is 1. The summed E-state index contributed by atoms with van der Waals surface area (Å²) >= 11 is 0. The van der Waals surface area contributed by atoms with Crippen LogP contribution in [0.2, 0.25) is 0 Å². The van der Waals surface area contributed by atoms with Crippen molar-refractivity contribution in [2.45, 2.75) is 17.9 Å². The predicted molar refractivity (Wildman–Crippen MR) is 123 cm³/mol. The Balaban J connectivity index is 1.43. The van der Waals surface area contributed by atoms with E-state index in [-0.39, 0.29) is 17.3 Å². The van der Waals surface area contributed by atoms with Crippen LogP contribution in [0.15, 0.2) is 65.7 Å². The average molecular weight is 464 g/mol. The number of carbonyl (C=O) groups is 1. The fourth-order valence-electron chi connectivity index (χ4n) is 3.95. The number of hydrogen-bond donors (Lipinski definition) is 2. The smallest absolute Gasteiger partial charge is 0.257 e. The summed E-state index contributed by atoms with van der Waals surface area (Å²) in [7, 11) is -2.29. The van der Waals surface area contributed by atoms with Crippen molar-refractivity contribution in [2.24, 2.45) is 0 Å². The number of methoxy groups -OCH3 is 1. The molecule has 168 valence electrons. The van der Waals surface area contributed by atoms with E-state index < -0.39 is 10.0 Å². The van der Waals surface area contributed by atoms with Crippen molar-refractivity contribution in [3.63, 3.8) is 0 Å². The number of nitrogens with zero attached hydrogens (tertiary/aromatic N) is 3. The van der Waals surface area contributed by atoms with Crippen LogP contribution in [0.3, 0.4) is 0 Å². The van der Waals surface area contributed by atoms with Gasteiger partial charge in [-0.2, -0.15) is 9.40 Å². The lowest BCUT2D eigenvalue weighted by Gasteiger charge is -2.26. The molecule has 2 N–H and O–H groups in total. The van der Waals surface area contributed by atoms with Crippen molar-refractivity contribution < 1.29 is 17.9 Å². The number of nitrogens with one attached hydrogen (secondary N) is 2. The average Bonchev–Trinajstić information content (AvgIpc) is 3.25. The Bertz CT molecular complexity index is 1460. The van der Waals surface area contributed by atoms with Crippen molar-refractivity contribution in [3.05, 3.63) is 77.6 Å². The molecular weight excluding hydrogens is 442 g/mol. The van der Waals surface area contributed by atoms with Gasteiger partial charge in [0.15, 0.2) is 5.82 Å². The Kier molecular flexibility index (Phi) is 5.31. The largest absolute Gasteiger partial charge is 0.497 e. The van der Waals surface area contributed by atoms with Crippen LogP contribution in [0.1, 0.15) is 21.6 Å². The lowest BCUT2D eigenvalue weighted by Crippen LogP contribution is -2.36. The summed E-state index contributed by atoms with van der Waals surface area (Å²) in [6.07, 6.45) is 2.03. The number of aromatic nitrogens is 3. The molecule has 9 nitrogen and oxygen atoms in total. The van der Waals surface area contributed by atoms with E-state index in [1.807, 2.05) is 12.1 Å². The van der Waals surface area contributed by atoms with Gasteiger partial charge in [0.05, 0.1) is 12.6 Å². The first-order chi connectivity index (χ1) is 16.0. The first-order valence-electron chi connectivity index (χ1n) is 10.3. The van der Waals surface area contributed by atoms with Crippen LogP contribution in [0, 0.1) is 0 Å². The Morgan fingerprint density at radius 2 is 1.97 bits per heavy atom. The van der Waals surface area contributed by atoms with Crippen molar-refractivity contribution in [3.8, 4) is 5.75 Å². The number of hydrogen-bond acceptors (Lipinski definition) is 6. The molecule has 0 saturated heterocycles. The van der Waals surface area contributed by atoms with E-state index in [2.05, 4.69) is 20.5 Å².